The van der Waals surface area contributed by atoms with Crippen LogP contribution in [0, 0.1) is 0 Å². The zero-order valence-corrected chi connectivity index (χ0v) is 21.0. The Bertz CT molecular complexity index is 1260. The SMILES string of the molecule is COc1cc(/C=N\NC(=O)/C(=C/c2ccc(N(C)C)cc2)NC(=O)c2ccccc2)cc(Br)c1O. The zero-order chi connectivity index (χ0) is 25.4. The first-order chi connectivity index (χ1) is 16.8. The van der Waals surface area contributed by atoms with E-state index in [4.69, 9.17) is 4.74 Å². The van der Waals surface area contributed by atoms with Crippen molar-refractivity contribution >= 4 is 45.7 Å². The number of anilines is 1. The van der Waals surface area contributed by atoms with Crippen LogP contribution in [0.2, 0.25) is 0 Å². The summed E-state index contributed by atoms with van der Waals surface area (Å²) in [7, 11) is 5.30. The number of ether oxygens (including phenoxy) is 1. The third kappa shape index (κ3) is 6.94. The van der Waals surface area contributed by atoms with Crippen molar-refractivity contribution in [3.63, 3.8) is 0 Å². The van der Waals surface area contributed by atoms with E-state index < -0.39 is 11.8 Å². The number of rotatable bonds is 8. The van der Waals surface area contributed by atoms with E-state index in [1.807, 2.05) is 43.3 Å². The van der Waals surface area contributed by atoms with Gasteiger partial charge >= 0.3 is 0 Å². The van der Waals surface area contributed by atoms with E-state index in [2.05, 4.69) is 31.8 Å². The van der Waals surface area contributed by atoms with Crippen LogP contribution in [0.3, 0.4) is 0 Å². The highest BCUT2D eigenvalue weighted by atomic mass is 79.9. The van der Waals surface area contributed by atoms with Crippen molar-refractivity contribution in [1.29, 1.82) is 0 Å². The van der Waals surface area contributed by atoms with E-state index >= 15 is 0 Å². The van der Waals surface area contributed by atoms with E-state index in [0.717, 1.165) is 11.3 Å². The molecule has 0 bridgehead atoms. The van der Waals surface area contributed by atoms with Crippen molar-refractivity contribution in [1.82, 2.24) is 10.7 Å². The van der Waals surface area contributed by atoms with Crippen LogP contribution in [0.25, 0.3) is 6.08 Å². The fourth-order valence-corrected chi connectivity index (χ4v) is 3.49. The Morgan fingerprint density at radius 3 is 2.34 bits per heavy atom. The zero-order valence-electron chi connectivity index (χ0n) is 19.4. The van der Waals surface area contributed by atoms with Crippen LogP contribution in [-0.4, -0.2) is 44.3 Å². The predicted octanol–water partition coefficient (Wildman–Crippen LogP) is 4.15. The number of nitrogens with one attached hydrogen (secondary N) is 2. The highest BCUT2D eigenvalue weighted by Gasteiger charge is 2.14. The van der Waals surface area contributed by atoms with Gasteiger partial charge in [-0.25, -0.2) is 5.43 Å². The quantitative estimate of drug-likeness (QED) is 0.228. The molecule has 3 rings (SSSR count). The number of amides is 2. The highest BCUT2D eigenvalue weighted by molar-refractivity contribution is 9.10. The number of aromatic hydroxyl groups is 1. The molecule has 0 atom stereocenters. The molecule has 3 N–H and O–H groups in total. The number of benzene rings is 3. The van der Waals surface area contributed by atoms with Gasteiger partial charge in [0.1, 0.15) is 5.70 Å². The second-order valence-corrected chi connectivity index (χ2v) is 8.47. The molecule has 0 aliphatic carbocycles. The van der Waals surface area contributed by atoms with E-state index in [1.54, 1.807) is 48.5 Å². The highest BCUT2D eigenvalue weighted by Crippen LogP contribution is 2.34. The Hall–Kier alpha value is -4.11. The van der Waals surface area contributed by atoms with Crippen LogP contribution in [0.4, 0.5) is 5.69 Å². The number of phenols is 1. The lowest BCUT2D eigenvalue weighted by Crippen LogP contribution is -2.32. The number of hydrazone groups is 1. The fourth-order valence-electron chi connectivity index (χ4n) is 3.03. The molecular weight excluding hydrogens is 512 g/mol. The van der Waals surface area contributed by atoms with Crippen LogP contribution in [0.15, 0.2) is 82.0 Å². The van der Waals surface area contributed by atoms with Gasteiger partial charge in [-0.2, -0.15) is 5.10 Å². The van der Waals surface area contributed by atoms with Crippen molar-refractivity contribution < 1.29 is 19.4 Å². The van der Waals surface area contributed by atoms with E-state index in [-0.39, 0.29) is 17.2 Å². The Balaban J connectivity index is 1.83. The lowest BCUT2D eigenvalue weighted by molar-refractivity contribution is -0.117. The van der Waals surface area contributed by atoms with Gasteiger partial charge in [-0.1, -0.05) is 30.3 Å². The molecule has 0 aliphatic heterocycles. The smallest absolute Gasteiger partial charge is 0.287 e. The van der Waals surface area contributed by atoms with Gasteiger partial charge in [0.15, 0.2) is 11.5 Å². The first-order valence-electron chi connectivity index (χ1n) is 10.5. The first kappa shape index (κ1) is 25.5. The van der Waals surface area contributed by atoms with Gasteiger partial charge in [0.05, 0.1) is 17.8 Å². The molecule has 9 heteroatoms. The van der Waals surface area contributed by atoms with Gasteiger partial charge < -0.3 is 20.1 Å². The normalized spacial score (nSPS) is 11.3. The summed E-state index contributed by atoms with van der Waals surface area (Å²) in [5.41, 5.74) is 5.17. The van der Waals surface area contributed by atoms with Crippen molar-refractivity contribution in [2.75, 3.05) is 26.1 Å². The monoisotopic (exact) mass is 536 g/mol. The molecule has 35 heavy (non-hydrogen) atoms. The lowest BCUT2D eigenvalue weighted by Gasteiger charge is -2.12. The minimum atomic E-state index is -0.605. The summed E-state index contributed by atoms with van der Waals surface area (Å²) in [6.07, 6.45) is 2.97. The number of nitrogens with zero attached hydrogens (tertiary/aromatic N) is 2. The molecule has 8 nitrogen and oxygen atoms in total. The molecule has 2 amide bonds. The molecule has 3 aromatic rings. The largest absolute Gasteiger partial charge is 0.503 e. The van der Waals surface area contributed by atoms with Crippen molar-refractivity contribution in [3.05, 3.63) is 93.6 Å². The molecular formula is C26H25BrN4O4. The molecule has 180 valence electrons. The number of hydrogen-bond donors (Lipinski definition) is 3. The maximum Gasteiger partial charge on any atom is 0.287 e. The molecule has 0 saturated heterocycles. The van der Waals surface area contributed by atoms with Crippen molar-refractivity contribution in [2.45, 2.75) is 0 Å². The topological polar surface area (TPSA) is 103 Å². The van der Waals surface area contributed by atoms with E-state index in [1.165, 1.54) is 13.3 Å². The Morgan fingerprint density at radius 1 is 1.03 bits per heavy atom. The number of phenolic OH excluding ortho intramolecular Hbond substituents is 1. The van der Waals surface area contributed by atoms with Gasteiger partial charge in [0.2, 0.25) is 0 Å². The number of methoxy groups -OCH3 is 1. The van der Waals surface area contributed by atoms with Crippen molar-refractivity contribution in [2.24, 2.45) is 5.10 Å². The van der Waals surface area contributed by atoms with Crippen LogP contribution in [0.5, 0.6) is 11.5 Å². The second-order valence-electron chi connectivity index (χ2n) is 7.62. The fraction of sp³-hybridized carbons (Fsp3) is 0.115. The van der Waals surface area contributed by atoms with Crippen molar-refractivity contribution in [3.8, 4) is 11.5 Å². The Labute approximate surface area is 212 Å². The Morgan fingerprint density at radius 2 is 1.71 bits per heavy atom. The molecule has 0 radical (unpaired) electrons. The average molecular weight is 537 g/mol. The lowest BCUT2D eigenvalue weighted by atomic mass is 10.1. The molecule has 0 heterocycles. The summed E-state index contributed by atoms with van der Waals surface area (Å²) >= 11 is 3.24. The standard InChI is InChI=1S/C26H25BrN4O4/c1-31(2)20-11-9-17(10-12-20)14-22(29-25(33)19-7-5-4-6-8-19)26(34)30-28-16-18-13-21(27)24(32)23(15-18)35-3/h4-16,32H,1-3H3,(H,29,33)(H,30,34)/b22-14-,28-16-. The van der Waals surface area contributed by atoms with Gasteiger partial charge in [0, 0.05) is 25.3 Å². The first-order valence-corrected chi connectivity index (χ1v) is 11.3. The number of carbonyl (C=O) groups excluding carboxylic acids is 2. The summed E-state index contributed by atoms with van der Waals surface area (Å²) in [5.74, 6) is -0.813. The van der Waals surface area contributed by atoms with E-state index in [0.29, 0.717) is 15.6 Å². The molecule has 0 spiro atoms. The van der Waals surface area contributed by atoms with Crippen LogP contribution in [-0.2, 0) is 4.79 Å². The minimum Gasteiger partial charge on any atom is -0.503 e. The summed E-state index contributed by atoms with van der Waals surface area (Å²) in [5, 5.41) is 16.6. The van der Waals surface area contributed by atoms with E-state index in [9.17, 15) is 14.7 Å². The third-order valence-electron chi connectivity index (χ3n) is 4.90. The van der Waals surface area contributed by atoms with Crippen LogP contribution >= 0.6 is 15.9 Å². The molecule has 3 aromatic carbocycles. The molecule has 0 aliphatic rings. The van der Waals surface area contributed by atoms with Gasteiger partial charge in [-0.3, -0.25) is 9.59 Å². The average Bonchev–Trinajstić information content (AvgIpc) is 2.86. The minimum absolute atomic E-state index is 0.0260. The van der Waals surface area contributed by atoms with Gasteiger partial charge in [0.25, 0.3) is 11.8 Å². The number of carbonyl (C=O) groups is 2. The second kappa shape index (κ2) is 11.8. The molecule has 0 aromatic heterocycles. The maximum absolute atomic E-state index is 12.9. The molecule has 0 fully saturated rings. The summed E-state index contributed by atoms with van der Waals surface area (Å²) in [4.78, 5) is 27.6. The van der Waals surface area contributed by atoms with Crippen LogP contribution < -0.4 is 20.4 Å². The summed E-state index contributed by atoms with van der Waals surface area (Å²) in [6.45, 7) is 0. The molecule has 0 unspecified atom stereocenters. The van der Waals surface area contributed by atoms with Gasteiger partial charge in [-0.15, -0.1) is 0 Å². The van der Waals surface area contributed by atoms with Gasteiger partial charge in [-0.05, 0) is 69.5 Å². The number of halogens is 1. The molecule has 0 saturated carbocycles. The summed E-state index contributed by atoms with van der Waals surface area (Å²) in [6, 6.07) is 19.3. The maximum atomic E-state index is 12.9. The predicted molar refractivity (Wildman–Crippen MR) is 141 cm³/mol. The Kier molecular flexibility index (Phi) is 8.63. The summed E-state index contributed by atoms with van der Waals surface area (Å²) < 4.78 is 5.54. The number of hydrogen-bond acceptors (Lipinski definition) is 6. The van der Waals surface area contributed by atoms with Crippen LogP contribution in [0.1, 0.15) is 21.5 Å². The third-order valence-corrected chi connectivity index (χ3v) is 5.50.